The number of thiophene rings is 1. The molecule has 0 N–H and O–H groups in total. The minimum absolute atomic E-state index is 0.0552. The second-order valence-electron chi connectivity index (χ2n) is 8.41. The first kappa shape index (κ1) is 19.5. The minimum atomic E-state index is 0.0552. The molecule has 1 amide bonds. The van der Waals surface area contributed by atoms with Crippen molar-refractivity contribution in [3.63, 3.8) is 0 Å². The zero-order chi connectivity index (χ0) is 20.5. The maximum atomic E-state index is 14.0. The van der Waals surface area contributed by atoms with Crippen molar-refractivity contribution in [2.75, 3.05) is 18.0 Å². The number of hydrogen-bond donors (Lipinski definition) is 0. The Bertz CT molecular complexity index is 1020. The molecule has 6 nitrogen and oxygen atoms in total. The average molecular weight is 425 g/mol. The van der Waals surface area contributed by atoms with Crippen LogP contribution >= 0.6 is 11.3 Å². The zero-order valence-corrected chi connectivity index (χ0v) is 18.3. The molecule has 0 bridgehead atoms. The lowest BCUT2D eigenvalue weighted by Gasteiger charge is -2.30. The summed E-state index contributed by atoms with van der Waals surface area (Å²) in [5.41, 5.74) is 1.17. The molecule has 158 valence electrons. The van der Waals surface area contributed by atoms with E-state index in [1.807, 2.05) is 6.92 Å². The van der Waals surface area contributed by atoms with Gasteiger partial charge in [-0.25, -0.2) is 9.97 Å². The average Bonchev–Trinajstić information content (AvgIpc) is 3.52. The van der Waals surface area contributed by atoms with Crippen LogP contribution in [0.5, 0.6) is 0 Å². The van der Waals surface area contributed by atoms with Crippen LogP contribution in [0, 0.1) is 6.92 Å². The number of rotatable bonds is 5. The molecular formula is C23H28N4O2S. The number of nitrogens with zero attached hydrogens (tertiary/aromatic N) is 4. The molecule has 5 rings (SSSR count). The SMILES string of the molecule is Cc1oc2ncnc(N3CCCCC3)c2c1C(=O)N(Cc1cccs1)C1CCCC1. The van der Waals surface area contributed by atoms with Crippen LogP contribution in [0.3, 0.4) is 0 Å². The smallest absolute Gasteiger partial charge is 0.258 e. The lowest BCUT2D eigenvalue weighted by atomic mass is 10.1. The Kier molecular flexibility index (Phi) is 5.46. The van der Waals surface area contributed by atoms with E-state index in [4.69, 9.17) is 4.42 Å². The van der Waals surface area contributed by atoms with E-state index in [1.54, 1.807) is 17.7 Å². The largest absolute Gasteiger partial charge is 0.442 e. The Morgan fingerprint density at radius 2 is 2.00 bits per heavy atom. The maximum absolute atomic E-state index is 14.0. The van der Waals surface area contributed by atoms with Crippen LogP contribution in [0.15, 0.2) is 28.3 Å². The summed E-state index contributed by atoms with van der Waals surface area (Å²) in [5.74, 6) is 1.55. The molecule has 0 atom stereocenters. The summed E-state index contributed by atoms with van der Waals surface area (Å²) in [6.45, 7) is 4.46. The fraction of sp³-hybridized carbons (Fsp3) is 0.522. The van der Waals surface area contributed by atoms with Crippen molar-refractivity contribution in [3.8, 4) is 0 Å². The highest BCUT2D eigenvalue weighted by Crippen LogP contribution is 2.35. The third-order valence-electron chi connectivity index (χ3n) is 6.45. The van der Waals surface area contributed by atoms with Crippen molar-refractivity contribution in [1.29, 1.82) is 0 Å². The molecule has 0 aromatic carbocycles. The molecule has 1 saturated heterocycles. The Hall–Kier alpha value is -2.41. The van der Waals surface area contributed by atoms with Crippen molar-refractivity contribution >= 4 is 34.2 Å². The summed E-state index contributed by atoms with van der Waals surface area (Å²) in [7, 11) is 0. The number of hydrogen-bond acceptors (Lipinski definition) is 6. The van der Waals surface area contributed by atoms with E-state index in [0.717, 1.165) is 50.0 Å². The molecule has 7 heteroatoms. The van der Waals surface area contributed by atoms with E-state index >= 15 is 0 Å². The second-order valence-corrected chi connectivity index (χ2v) is 9.44. The van der Waals surface area contributed by atoms with Gasteiger partial charge in [0.2, 0.25) is 5.71 Å². The topological polar surface area (TPSA) is 62.5 Å². The number of carbonyl (C=O) groups excluding carboxylic acids is 1. The van der Waals surface area contributed by atoms with Crippen molar-refractivity contribution in [3.05, 3.63) is 40.0 Å². The molecule has 3 aromatic rings. The summed E-state index contributed by atoms with van der Waals surface area (Å²) in [5, 5.41) is 2.86. The first-order valence-electron chi connectivity index (χ1n) is 11.0. The highest BCUT2D eigenvalue weighted by molar-refractivity contribution is 7.09. The van der Waals surface area contributed by atoms with Crippen molar-refractivity contribution in [1.82, 2.24) is 14.9 Å². The van der Waals surface area contributed by atoms with E-state index in [9.17, 15) is 4.79 Å². The van der Waals surface area contributed by atoms with E-state index in [-0.39, 0.29) is 11.9 Å². The molecule has 2 aliphatic rings. The third kappa shape index (κ3) is 3.60. The van der Waals surface area contributed by atoms with Crippen LogP contribution in [0.2, 0.25) is 0 Å². The van der Waals surface area contributed by atoms with Crippen LogP contribution in [-0.2, 0) is 6.54 Å². The molecular weight excluding hydrogens is 396 g/mol. The van der Waals surface area contributed by atoms with Gasteiger partial charge in [-0.2, -0.15) is 0 Å². The van der Waals surface area contributed by atoms with Gasteiger partial charge in [0, 0.05) is 24.0 Å². The van der Waals surface area contributed by atoms with Gasteiger partial charge in [-0.1, -0.05) is 18.9 Å². The van der Waals surface area contributed by atoms with Gasteiger partial charge >= 0.3 is 0 Å². The van der Waals surface area contributed by atoms with Crippen LogP contribution in [0.1, 0.15) is 65.9 Å². The van der Waals surface area contributed by atoms with Crippen molar-refractivity contribution in [2.45, 2.75) is 64.5 Å². The van der Waals surface area contributed by atoms with E-state index in [2.05, 4.69) is 37.3 Å². The van der Waals surface area contributed by atoms with Gasteiger partial charge in [0.05, 0.1) is 17.5 Å². The van der Waals surface area contributed by atoms with Gasteiger partial charge in [0.15, 0.2) is 0 Å². The van der Waals surface area contributed by atoms with Gasteiger partial charge in [-0.3, -0.25) is 4.79 Å². The summed E-state index contributed by atoms with van der Waals surface area (Å²) in [6.07, 6.45) is 9.62. The number of aromatic nitrogens is 2. The molecule has 0 radical (unpaired) electrons. The number of anilines is 1. The Labute approximate surface area is 180 Å². The van der Waals surface area contributed by atoms with Gasteiger partial charge in [0.1, 0.15) is 17.9 Å². The quantitative estimate of drug-likeness (QED) is 0.565. The summed E-state index contributed by atoms with van der Waals surface area (Å²) in [4.78, 5) is 28.5. The molecule has 1 saturated carbocycles. The van der Waals surface area contributed by atoms with Crippen molar-refractivity contribution in [2.24, 2.45) is 0 Å². The molecule has 2 fully saturated rings. The zero-order valence-electron chi connectivity index (χ0n) is 17.5. The molecule has 30 heavy (non-hydrogen) atoms. The number of amides is 1. The predicted octanol–water partition coefficient (Wildman–Crippen LogP) is 5.17. The van der Waals surface area contributed by atoms with Gasteiger partial charge in [-0.05, 0) is 50.5 Å². The normalized spacial score (nSPS) is 17.7. The number of fused-ring (bicyclic) bond motifs is 1. The summed E-state index contributed by atoms with van der Waals surface area (Å²) < 4.78 is 5.98. The summed E-state index contributed by atoms with van der Waals surface area (Å²) in [6, 6.07) is 4.45. The molecule has 3 aromatic heterocycles. The van der Waals surface area contributed by atoms with Crippen LogP contribution in [-0.4, -0.2) is 39.9 Å². The third-order valence-corrected chi connectivity index (χ3v) is 7.31. The van der Waals surface area contributed by atoms with E-state index in [0.29, 0.717) is 23.6 Å². The maximum Gasteiger partial charge on any atom is 0.258 e. The number of furan rings is 1. The monoisotopic (exact) mass is 424 g/mol. The van der Waals surface area contributed by atoms with Crippen LogP contribution in [0.4, 0.5) is 5.82 Å². The van der Waals surface area contributed by atoms with Gasteiger partial charge in [-0.15, -0.1) is 11.3 Å². The molecule has 1 aliphatic carbocycles. The van der Waals surface area contributed by atoms with Crippen LogP contribution in [0.25, 0.3) is 11.1 Å². The first-order valence-corrected chi connectivity index (χ1v) is 11.9. The number of aryl methyl sites for hydroxylation is 1. The first-order chi connectivity index (χ1) is 14.7. The predicted molar refractivity (Wildman–Crippen MR) is 119 cm³/mol. The Balaban J connectivity index is 1.57. The second kappa shape index (κ2) is 8.38. The van der Waals surface area contributed by atoms with E-state index in [1.165, 1.54) is 24.1 Å². The van der Waals surface area contributed by atoms with Gasteiger partial charge in [0.25, 0.3) is 5.91 Å². The Morgan fingerprint density at radius 1 is 1.20 bits per heavy atom. The highest BCUT2D eigenvalue weighted by atomic mass is 32.1. The van der Waals surface area contributed by atoms with Crippen LogP contribution < -0.4 is 4.90 Å². The minimum Gasteiger partial charge on any atom is -0.442 e. The fourth-order valence-electron chi connectivity index (χ4n) is 4.93. The molecule has 1 aliphatic heterocycles. The summed E-state index contributed by atoms with van der Waals surface area (Å²) >= 11 is 1.71. The van der Waals surface area contributed by atoms with E-state index < -0.39 is 0 Å². The van der Waals surface area contributed by atoms with Crippen molar-refractivity contribution < 1.29 is 9.21 Å². The molecule has 0 spiro atoms. The molecule has 0 unspecified atom stereocenters. The Morgan fingerprint density at radius 3 is 2.73 bits per heavy atom. The number of piperidine rings is 1. The highest BCUT2D eigenvalue weighted by Gasteiger charge is 2.33. The molecule has 4 heterocycles. The van der Waals surface area contributed by atoms with Gasteiger partial charge < -0.3 is 14.2 Å². The lowest BCUT2D eigenvalue weighted by Crippen LogP contribution is -2.38. The standard InChI is InChI=1S/C23H28N4O2S/c1-16-19(20-21(24-15-25-22(20)29-16)26-11-5-2-6-12-26)23(28)27(17-8-3-4-9-17)14-18-10-7-13-30-18/h7,10,13,15,17H,2-6,8-9,11-12,14H2,1H3. The lowest BCUT2D eigenvalue weighted by molar-refractivity contribution is 0.0666. The fourth-order valence-corrected chi connectivity index (χ4v) is 5.63. The number of carbonyl (C=O) groups is 1.